The Kier molecular flexibility index (Phi) is 5.56. The van der Waals surface area contributed by atoms with E-state index in [1.165, 1.54) is 6.39 Å². The van der Waals surface area contributed by atoms with E-state index >= 15 is 0 Å². The minimum Gasteiger partial charge on any atom is -0.444 e. The van der Waals surface area contributed by atoms with Crippen LogP contribution in [0.5, 0.6) is 0 Å². The molecule has 35 heavy (non-hydrogen) atoms. The maximum atomic E-state index is 5.42. The molecule has 1 N–H and O–H groups in total. The van der Waals surface area contributed by atoms with Crippen molar-refractivity contribution in [2.45, 2.75) is 0 Å². The van der Waals surface area contributed by atoms with Crippen molar-refractivity contribution in [1.82, 2.24) is 24.8 Å². The van der Waals surface area contributed by atoms with Gasteiger partial charge in [-0.3, -0.25) is 0 Å². The Bertz CT molecular complexity index is 1440. The maximum Gasteiger partial charge on any atom is 0.227 e. The molecule has 0 radical (unpaired) electrons. The first-order valence-corrected chi connectivity index (χ1v) is 11.6. The van der Waals surface area contributed by atoms with Gasteiger partial charge in [0.2, 0.25) is 5.95 Å². The van der Waals surface area contributed by atoms with Gasteiger partial charge in [0.1, 0.15) is 5.82 Å². The van der Waals surface area contributed by atoms with Crippen LogP contribution in [0.4, 0.5) is 17.5 Å². The summed E-state index contributed by atoms with van der Waals surface area (Å²) in [6.45, 7) is 4.11. The molecule has 0 bridgehead atoms. The zero-order chi connectivity index (χ0) is 23.6. The fourth-order valence-corrected chi connectivity index (χ4v) is 4.35. The number of anilines is 3. The van der Waals surface area contributed by atoms with Gasteiger partial charge in [-0.2, -0.15) is 0 Å². The van der Waals surface area contributed by atoms with E-state index in [0.717, 1.165) is 65.3 Å². The predicted octanol–water partition coefficient (Wildman–Crippen LogP) is 4.84. The van der Waals surface area contributed by atoms with E-state index in [-0.39, 0.29) is 0 Å². The van der Waals surface area contributed by atoms with Gasteiger partial charge in [-0.25, -0.2) is 19.9 Å². The van der Waals surface area contributed by atoms with Gasteiger partial charge in [0, 0.05) is 66.3 Å². The van der Waals surface area contributed by atoms with Crippen LogP contribution in [-0.4, -0.2) is 58.1 Å². The zero-order valence-corrected chi connectivity index (χ0v) is 19.4. The summed E-state index contributed by atoms with van der Waals surface area (Å²) in [5, 5.41) is 4.30. The van der Waals surface area contributed by atoms with E-state index in [4.69, 9.17) is 14.4 Å². The Hall–Kier alpha value is -4.30. The van der Waals surface area contributed by atoms with Crippen molar-refractivity contribution in [3.05, 3.63) is 79.6 Å². The molecule has 5 aromatic rings. The summed E-state index contributed by atoms with van der Waals surface area (Å²) < 4.78 is 5.42. The zero-order valence-electron chi connectivity index (χ0n) is 19.4. The van der Waals surface area contributed by atoms with Crippen LogP contribution in [0.25, 0.3) is 33.4 Å². The van der Waals surface area contributed by atoms with Crippen LogP contribution in [0.2, 0.25) is 0 Å². The molecule has 0 unspecified atom stereocenters. The number of likely N-dealkylation sites (N-methyl/N-ethyl adjacent to an activating group) is 1. The third kappa shape index (κ3) is 4.43. The molecule has 0 atom stereocenters. The van der Waals surface area contributed by atoms with Gasteiger partial charge in [-0.15, -0.1) is 0 Å². The first-order valence-electron chi connectivity index (χ1n) is 11.6. The summed E-state index contributed by atoms with van der Waals surface area (Å²) >= 11 is 0. The minimum atomic E-state index is 0.529. The largest absolute Gasteiger partial charge is 0.444 e. The van der Waals surface area contributed by atoms with Gasteiger partial charge >= 0.3 is 0 Å². The van der Waals surface area contributed by atoms with E-state index in [2.05, 4.69) is 50.3 Å². The topological polar surface area (TPSA) is 83.2 Å². The van der Waals surface area contributed by atoms with Gasteiger partial charge in [0.15, 0.2) is 12.2 Å². The molecule has 0 spiro atoms. The highest BCUT2D eigenvalue weighted by molar-refractivity contribution is 5.93. The smallest absolute Gasteiger partial charge is 0.227 e. The molecular weight excluding hydrogens is 438 g/mol. The van der Waals surface area contributed by atoms with Crippen molar-refractivity contribution >= 4 is 28.4 Å². The number of hydrogen-bond acceptors (Lipinski definition) is 8. The summed E-state index contributed by atoms with van der Waals surface area (Å²) in [5.41, 5.74) is 4.74. The van der Waals surface area contributed by atoms with Crippen LogP contribution in [0.1, 0.15) is 0 Å². The highest BCUT2D eigenvalue weighted by Gasteiger charge is 2.16. The molecule has 4 heterocycles. The minimum absolute atomic E-state index is 0.529. The standard InChI is InChI=1S/C27H25N7O/c1-33-10-12-34(13-11-33)25-9-8-20(15-29-25)23-7-3-5-21-16-30-27(32-26(21)23)31-22-6-2-4-19(14-22)24-17-28-18-35-24/h2-9,14-18H,10-13H2,1H3,(H,30,31,32). The van der Waals surface area contributed by atoms with Crippen molar-refractivity contribution in [2.24, 2.45) is 0 Å². The number of fused-ring (bicyclic) bond motifs is 1. The lowest BCUT2D eigenvalue weighted by molar-refractivity contribution is 0.312. The van der Waals surface area contributed by atoms with Crippen molar-refractivity contribution in [2.75, 3.05) is 43.4 Å². The average molecular weight is 464 g/mol. The average Bonchev–Trinajstić information content (AvgIpc) is 3.45. The summed E-state index contributed by atoms with van der Waals surface area (Å²) in [7, 11) is 2.16. The molecule has 6 rings (SSSR count). The van der Waals surface area contributed by atoms with Crippen molar-refractivity contribution < 1.29 is 4.42 Å². The second kappa shape index (κ2) is 9.15. The van der Waals surface area contributed by atoms with Crippen LogP contribution in [-0.2, 0) is 0 Å². The molecule has 8 heteroatoms. The first-order chi connectivity index (χ1) is 17.2. The predicted molar refractivity (Wildman–Crippen MR) is 138 cm³/mol. The molecule has 3 aromatic heterocycles. The number of para-hydroxylation sites is 1. The fraction of sp³-hybridized carbons (Fsp3) is 0.185. The molecule has 0 aliphatic carbocycles. The molecule has 174 valence electrons. The molecule has 1 aliphatic rings. The van der Waals surface area contributed by atoms with Crippen molar-refractivity contribution in [3.8, 4) is 22.5 Å². The number of benzene rings is 2. The number of nitrogens with one attached hydrogen (secondary N) is 1. The maximum absolute atomic E-state index is 5.42. The van der Waals surface area contributed by atoms with E-state index in [1.807, 2.05) is 48.8 Å². The van der Waals surface area contributed by atoms with Crippen LogP contribution in [0, 0.1) is 0 Å². The third-order valence-corrected chi connectivity index (χ3v) is 6.33. The van der Waals surface area contributed by atoms with Crippen molar-refractivity contribution in [1.29, 1.82) is 0 Å². The number of piperazine rings is 1. The van der Waals surface area contributed by atoms with Crippen LogP contribution >= 0.6 is 0 Å². The molecular formula is C27H25N7O. The molecule has 1 aliphatic heterocycles. The molecule has 0 amide bonds. The molecule has 1 fully saturated rings. The van der Waals surface area contributed by atoms with E-state index in [0.29, 0.717) is 11.7 Å². The number of aromatic nitrogens is 4. The Balaban J connectivity index is 1.28. The van der Waals surface area contributed by atoms with E-state index in [1.54, 1.807) is 6.20 Å². The number of nitrogens with zero attached hydrogens (tertiary/aromatic N) is 6. The van der Waals surface area contributed by atoms with Gasteiger partial charge in [0.05, 0.1) is 11.7 Å². The fourth-order valence-electron chi connectivity index (χ4n) is 4.35. The second-order valence-corrected chi connectivity index (χ2v) is 8.70. The second-order valence-electron chi connectivity index (χ2n) is 8.70. The lowest BCUT2D eigenvalue weighted by Gasteiger charge is -2.33. The number of oxazole rings is 1. The third-order valence-electron chi connectivity index (χ3n) is 6.33. The van der Waals surface area contributed by atoms with E-state index in [9.17, 15) is 0 Å². The van der Waals surface area contributed by atoms with Gasteiger partial charge in [-0.1, -0.05) is 30.3 Å². The van der Waals surface area contributed by atoms with Crippen LogP contribution in [0.15, 0.2) is 84.0 Å². The SMILES string of the molecule is CN1CCN(c2ccc(-c3cccc4cnc(Nc5cccc(-c6cnco6)c5)nc34)cn2)CC1. The highest BCUT2D eigenvalue weighted by atomic mass is 16.3. The van der Waals surface area contributed by atoms with Crippen LogP contribution in [0.3, 0.4) is 0 Å². The van der Waals surface area contributed by atoms with Gasteiger partial charge in [-0.05, 0) is 31.3 Å². The van der Waals surface area contributed by atoms with Gasteiger partial charge < -0.3 is 19.5 Å². The first kappa shape index (κ1) is 21.2. The normalized spacial score (nSPS) is 14.4. The summed E-state index contributed by atoms with van der Waals surface area (Å²) in [4.78, 5) is 22.8. The molecule has 2 aromatic carbocycles. The highest BCUT2D eigenvalue weighted by Crippen LogP contribution is 2.29. The lowest BCUT2D eigenvalue weighted by atomic mass is 10.0. The number of rotatable bonds is 5. The number of pyridine rings is 1. The summed E-state index contributed by atoms with van der Waals surface area (Å²) in [6.07, 6.45) is 6.91. The molecule has 8 nitrogen and oxygen atoms in total. The van der Waals surface area contributed by atoms with Crippen LogP contribution < -0.4 is 10.2 Å². The Morgan fingerprint density at radius 3 is 2.54 bits per heavy atom. The Morgan fingerprint density at radius 1 is 0.857 bits per heavy atom. The summed E-state index contributed by atoms with van der Waals surface area (Å²) in [6, 6.07) is 18.3. The monoisotopic (exact) mass is 463 g/mol. The number of hydrogen-bond donors (Lipinski definition) is 1. The Morgan fingerprint density at radius 2 is 1.74 bits per heavy atom. The molecule has 1 saturated heterocycles. The molecule has 0 saturated carbocycles. The van der Waals surface area contributed by atoms with Gasteiger partial charge in [0.25, 0.3) is 0 Å². The quantitative estimate of drug-likeness (QED) is 0.396. The van der Waals surface area contributed by atoms with E-state index < -0.39 is 0 Å². The lowest BCUT2D eigenvalue weighted by Crippen LogP contribution is -2.44. The Labute approximate surface area is 203 Å². The summed E-state index contributed by atoms with van der Waals surface area (Å²) in [5.74, 6) is 2.26. The van der Waals surface area contributed by atoms with Crippen molar-refractivity contribution in [3.63, 3.8) is 0 Å².